The monoisotopic (exact) mass is 191 g/mol. The van der Waals surface area contributed by atoms with Crippen molar-refractivity contribution in [3.63, 3.8) is 0 Å². The minimum Gasteiger partial charge on any atom is -0.391 e. The molecule has 2 rings (SSSR count). The predicted molar refractivity (Wildman–Crippen MR) is 40.5 cm³/mol. The molecule has 0 aromatic rings. The van der Waals surface area contributed by atoms with Gasteiger partial charge < -0.3 is 25.5 Å². The Labute approximate surface area is 74.4 Å². The molecule has 6 N–H and O–H groups in total. The second kappa shape index (κ2) is 2.63. The van der Waals surface area contributed by atoms with E-state index in [0.717, 1.165) is 0 Å². The molecule has 6 atom stereocenters. The highest BCUT2D eigenvalue weighted by Crippen LogP contribution is 2.34. The first-order valence-electron chi connectivity index (χ1n) is 4.18. The summed E-state index contributed by atoms with van der Waals surface area (Å²) in [5, 5.41) is 49.6. The van der Waals surface area contributed by atoms with Gasteiger partial charge >= 0.3 is 0 Å². The summed E-state index contributed by atoms with van der Waals surface area (Å²) < 4.78 is 0. The standard InChI is InChI=1S/C7H13NO5/c9-2-1-7(13)6(12)5(11)4(10)3(2)8-7/h2-6,8-13H,1H2/t2-,3-,4+,5-,6-,7-/m1/s1. The third kappa shape index (κ3) is 1.11. The molecule has 0 aromatic heterocycles. The van der Waals surface area contributed by atoms with Gasteiger partial charge in [0.1, 0.15) is 24.0 Å². The molecular formula is C7H13NO5. The van der Waals surface area contributed by atoms with Gasteiger partial charge in [-0.25, -0.2) is 0 Å². The van der Waals surface area contributed by atoms with Gasteiger partial charge in [-0.15, -0.1) is 0 Å². The number of hydrogen-bond donors (Lipinski definition) is 6. The van der Waals surface area contributed by atoms with Gasteiger partial charge in [0.2, 0.25) is 0 Å². The van der Waals surface area contributed by atoms with Crippen LogP contribution in [0.25, 0.3) is 0 Å². The van der Waals surface area contributed by atoms with Gasteiger partial charge in [-0.2, -0.15) is 0 Å². The van der Waals surface area contributed by atoms with Gasteiger partial charge in [-0.1, -0.05) is 0 Å². The fraction of sp³-hybridized carbons (Fsp3) is 1.00. The Morgan fingerprint density at radius 1 is 1.08 bits per heavy atom. The van der Waals surface area contributed by atoms with E-state index in [9.17, 15) is 25.5 Å². The number of hydrogen-bond acceptors (Lipinski definition) is 6. The van der Waals surface area contributed by atoms with Crippen molar-refractivity contribution in [1.82, 2.24) is 5.32 Å². The molecule has 0 aliphatic carbocycles. The van der Waals surface area contributed by atoms with E-state index in [0.29, 0.717) is 0 Å². The van der Waals surface area contributed by atoms with E-state index in [1.165, 1.54) is 0 Å². The third-order valence-corrected chi connectivity index (χ3v) is 2.88. The van der Waals surface area contributed by atoms with Crippen LogP contribution in [0.5, 0.6) is 0 Å². The van der Waals surface area contributed by atoms with Crippen LogP contribution >= 0.6 is 0 Å². The van der Waals surface area contributed by atoms with Crippen molar-refractivity contribution in [2.24, 2.45) is 0 Å². The van der Waals surface area contributed by atoms with Crippen molar-refractivity contribution in [1.29, 1.82) is 0 Å². The first-order chi connectivity index (χ1) is 5.96. The maximum Gasteiger partial charge on any atom is 0.147 e. The summed E-state index contributed by atoms with van der Waals surface area (Å²) in [7, 11) is 0. The van der Waals surface area contributed by atoms with E-state index in [4.69, 9.17) is 0 Å². The largest absolute Gasteiger partial charge is 0.391 e. The first-order valence-corrected chi connectivity index (χ1v) is 4.18. The van der Waals surface area contributed by atoms with Crippen molar-refractivity contribution in [3.05, 3.63) is 0 Å². The van der Waals surface area contributed by atoms with Crippen LogP contribution in [0.1, 0.15) is 6.42 Å². The van der Waals surface area contributed by atoms with Gasteiger partial charge in [0.05, 0.1) is 12.1 Å². The fourth-order valence-corrected chi connectivity index (χ4v) is 2.09. The number of aliphatic hydroxyl groups is 5. The molecule has 0 radical (unpaired) electrons. The molecule has 0 unspecified atom stereocenters. The SMILES string of the molecule is O[C@@H]1[C@@H](O)[C@@H](O)[C@]2(O)C[C@@H](O)[C@H]1N2. The third-order valence-electron chi connectivity index (χ3n) is 2.88. The molecule has 6 heteroatoms. The fourth-order valence-electron chi connectivity index (χ4n) is 2.09. The molecule has 2 heterocycles. The molecule has 0 aromatic carbocycles. The maximum atomic E-state index is 9.66. The van der Waals surface area contributed by atoms with Crippen molar-refractivity contribution in [3.8, 4) is 0 Å². The van der Waals surface area contributed by atoms with Gasteiger partial charge in [-0.3, -0.25) is 5.32 Å². The number of rotatable bonds is 0. The molecule has 0 amide bonds. The van der Waals surface area contributed by atoms with Gasteiger partial charge in [0.15, 0.2) is 0 Å². The Morgan fingerprint density at radius 3 is 2.31 bits per heavy atom. The Morgan fingerprint density at radius 2 is 1.69 bits per heavy atom. The summed E-state index contributed by atoms with van der Waals surface area (Å²) in [5.41, 5.74) is -1.68. The van der Waals surface area contributed by atoms with E-state index >= 15 is 0 Å². The van der Waals surface area contributed by atoms with Crippen LogP contribution < -0.4 is 5.32 Å². The summed E-state index contributed by atoms with van der Waals surface area (Å²) in [6.07, 6.45) is -5.20. The summed E-state index contributed by atoms with van der Waals surface area (Å²) >= 11 is 0. The van der Waals surface area contributed by atoms with Crippen LogP contribution in [0.2, 0.25) is 0 Å². The van der Waals surface area contributed by atoms with Crippen molar-refractivity contribution >= 4 is 0 Å². The van der Waals surface area contributed by atoms with Crippen LogP contribution in [-0.4, -0.2) is 61.7 Å². The maximum absolute atomic E-state index is 9.66. The lowest BCUT2D eigenvalue weighted by Crippen LogP contribution is -2.67. The normalized spacial score (nSPS) is 61.2. The lowest BCUT2D eigenvalue weighted by atomic mass is 9.94. The van der Waals surface area contributed by atoms with E-state index in [2.05, 4.69) is 5.32 Å². The smallest absolute Gasteiger partial charge is 0.147 e. The lowest BCUT2D eigenvalue weighted by Gasteiger charge is -2.40. The Hall–Kier alpha value is -0.240. The Bertz CT molecular complexity index is 219. The quantitative estimate of drug-likeness (QED) is 0.237. The van der Waals surface area contributed by atoms with Crippen molar-refractivity contribution < 1.29 is 25.5 Å². The molecule has 0 saturated carbocycles. The highest BCUT2D eigenvalue weighted by Gasteiger charge is 2.58. The zero-order valence-electron chi connectivity index (χ0n) is 6.83. The number of aliphatic hydroxyl groups excluding tert-OH is 4. The molecule has 2 fully saturated rings. The average Bonchev–Trinajstić information content (AvgIpc) is 2.35. The van der Waals surface area contributed by atoms with Crippen molar-refractivity contribution in [2.75, 3.05) is 0 Å². The second-order valence-electron chi connectivity index (χ2n) is 3.79. The number of nitrogens with one attached hydrogen (secondary N) is 1. The predicted octanol–water partition coefficient (Wildman–Crippen LogP) is -3.51. The van der Waals surface area contributed by atoms with Crippen LogP contribution in [-0.2, 0) is 0 Å². The van der Waals surface area contributed by atoms with Crippen LogP contribution in [0.4, 0.5) is 0 Å². The Kier molecular flexibility index (Phi) is 1.88. The van der Waals surface area contributed by atoms with Crippen LogP contribution in [0, 0.1) is 0 Å². The summed E-state index contributed by atoms with van der Waals surface area (Å²) in [5.74, 6) is 0. The molecule has 0 spiro atoms. The molecule has 13 heavy (non-hydrogen) atoms. The van der Waals surface area contributed by atoms with E-state index in [1.54, 1.807) is 0 Å². The summed E-state index contributed by atoms with van der Waals surface area (Å²) in [6, 6.07) is -0.775. The molecule has 2 bridgehead atoms. The molecule has 76 valence electrons. The van der Waals surface area contributed by atoms with E-state index < -0.39 is 36.2 Å². The summed E-state index contributed by atoms with van der Waals surface area (Å²) in [4.78, 5) is 0. The van der Waals surface area contributed by atoms with Crippen LogP contribution in [0.15, 0.2) is 0 Å². The highest BCUT2D eigenvalue weighted by molar-refractivity contribution is 5.11. The number of fused-ring (bicyclic) bond motifs is 2. The van der Waals surface area contributed by atoms with Crippen LogP contribution in [0.3, 0.4) is 0 Å². The molecule has 2 aliphatic rings. The molecular weight excluding hydrogens is 178 g/mol. The summed E-state index contributed by atoms with van der Waals surface area (Å²) in [6.45, 7) is 0. The first kappa shape index (κ1) is 9.32. The zero-order chi connectivity index (χ0) is 9.80. The molecule has 2 saturated heterocycles. The average molecular weight is 191 g/mol. The Balaban J connectivity index is 2.30. The highest BCUT2D eigenvalue weighted by atomic mass is 16.4. The number of piperidine rings is 1. The zero-order valence-corrected chi connectivity index (χ0v) is 6.83. The lowest BCUT2D eigenvalue weighted by molar-refractivity contribution is -0.187. The molecule has 2 aliphatic heterocycles. The minimum atomic E-state index is -1.68. The topological polar surface area (TPSA) is 113 Å². The van der Waals surface area contributed by atoms with E-state index in [1.807, 2.05) is 0 Å². The van der Waals surface area contributed by atoms with Gasteiger partial charge in [0, 0.05) is 6.42 Å². The van der Waals surface area contributed by atoms with Gasteiger partial charge in [0.25, 0.3) is 0 Å². The van der Waals surface area contributed by atoms with Gasteiger partial charge in [-0.05, 0) is 0 Å². The van der Waals surface area contributed by atoms with Crippen molar-refractivity contribution in [2.45, 2.75) is 42.6 Å². The molecule has 6 nitrogen and oxygen atoms in total. The second-order valence-corrected chi connectivity index (χ2v) is 3.79. The van der Waals surface area contributed by atoms with E-state index in [-0.39, 0.29) is 6.42 Å². The minimum absolute atomic E-state index is 0.0903.